The van der Waals surface area contributed by atoms with Crippen molar-refractivity contribution in [2.24, 2.45) is 0 Å². The molecule has 0 radical (unpaired) electrons. The first kappa shape index (κ1) is 25.1. The van der Waals surface area contributed by atoms with Gasteiger partial charge in [0.25, 0.3) is 0 Å². The molecule has 0 aliphatic carbocycles. The minimum atomic E-state index is 0.107. The fraction of sp³-hybridized carbons (Fsp3) is 0.500. The van der Waals surface area contributed by atoms with Gasteiger partial charge in [0, 0.05) is 45.3 Å². The quantitative estimate of drug-likeness (QED) is 0.412. The summed E-state index contributed by atoms with van der Waals surface area (Å²) < 4.78 is 11.5. The second kappa shape index (κ2) is 12.1. The third-order valence-electron chi connectivity index (χ3n) is 6.46. The van der Waals surface area contributed by atoms with Crippen molar-refractivity contribution >= 4 is 40.5 Å². The Morgan fingerprint density at radius 3 is 2.59 bits per heavy atom. The van der Waals surface area contributed by atoms with E-state index in [0.717, 1.165) is 69.1 Å². The second-order valence-corrected chi connectivity index (χ2v) is 9.48. The van der Waals surface area contributed by atoms with Crippen LogP contribution in [-0.4, -0.2) is 63.5 Å². The van der Waals surface area contributed by atoms with Crippen LogP contribution in [0.15, 0.2) is 36.4 Å². The highest BCUT2D eigenvalue weighted by molar-refractivity contribution is 6.43. The number of benzene rings is 2. The first-order chi connectivity index (χ1) is 16.6. The Morgan fingerprint density at radius 2 is 1.79 bits per heavy atom. The maximum Gasteiger partial charge on any atom is 0.229 e. The summed E-state index contributed by atoms with van der Waals surface area (Å²) in [4.78, 5) is 18.9. The van der Waals surface area contributed by atoms with Crippen LogP contribution in [0.25, 0.3) is 0 Å². The first-order valence-corrected chi connectivity index (χ1v) is 12.9. The van der Waals surface area contributed by atoms with Gasteiger partial charge < -0.3 is 14.4 Å². The summed E-state index contributed by atoms with van der Waals surface area (Å²) >= 11 is 12.6. The Labute approximate surface area is 212 Å². The van der Waals surface area contributed by atoms with Gasteiger partial charge in [-0.1, -0.05) is 35.3 Å². The van der Waals surface area contributed by atoms with E-state index in [1.165, 1.54) is 5.56 Å². The van der Waals surface area contributed by atoms with Gasteiger partial charge in [-0.15, -0.1) is 0 Å². The molecule has 4 rings (SSSR count). The van der Waals surface area contributed by atoms with E-state index in [9.17, 15) is 4.79 Å². The smallest absolute Gasteiger partial charge is 0.229 e. The summed E-state index contributed by atoms with van der Waals surface area (Å²) in [6, 6.07) is 11.9. The molecule has 34 heavy (non-hydrogen) atoms. The molecule has 2 heterocycles. The molecule has 1 saturated heterocycles. The average Bonchev–Trinajstić information content (AvgIpc) is 2.85. The second-order valence-electron chi connectivity index (χ2n) is 8.69. The Balaban J connectivity index is 1.19. The van der Waals surface area contributed by atoms with Gasteiger partial charge in [0.05, 0.1) is 28.0 Å². The number of hydrogen-bond acceptors (Lipinski definition) is 5. The van der Waals surface area contributed by atoms with Gasteiger partial charge in [-0.3, -0.25) is 14.6 Å². The van der Waals surface area contributed by atoms with E-state index >= 15 is 0 Å². The maximum absolute atomic E-state index is 12.3. The number of amides is 1. The van der Waals surface area contributed by atoms with E-state index in [4.69, 9.17) is 32.7 Å². The van der Waals surface area contributed by atoms with Crippen LogP contribution < -0.4 is 14.5 Å². The topological polar surface area (TPSA) is 45.2 Å². The van der Waals surface area contributed by atoms with Crippen molar-refractivity contribution in [2.45, 2.75) is 32.6 Å². The molecule has 184 valence electrons. The van der Waals surface area contributed by atoms with E-state index in [1.54, 1.807) is 4.90 Å². The van der Waals surface area contributed by atoms with Gasteiger partial charge in [0.1, 0.15) is 12.5 Å². The monoisotopic (exact) mass is 505 g/mol. The van der Waals surface area contributed by atoms with Crippen molar-refractivity contribution in [1.82, 2.24) is 4.90 Å². The summed E-state index contributed by atoms with van der Waals surface area (Å²) in [5, 5.41) is 1.25. The molecular weight excluding hydrogens is 473 g/mol. The van der Waals surface area contributed by atoms with Crippen LogP contribution in [0.2, 0.25) is 10.0 Å². The van der Waals surface area contributed by atoms with Crippen LogP contribution in [0.1, 0.15) is 31.7 Å². The predicted octanol–water partition coefficient (Wildman–Crippen LogP) is 5.25. The highest BCUT2D eigenvalue weighted by Crippen LogP contribution is 2.33. The average molecular weight is 506 g/mol. The van der Waals surface area contributed by atoms with Gasteiger partial charge in [-0.25, -0.2) is 0 Å². The fourth-order valence-electron chi connectivity index (χ4n) is 4.51. The number of ether oxygens (including phenoxy) is 2. The van der Waals surface area contributed by atoms with Gasteiger partial charge in [-0.2, -0.15) is 0 Å². The molecule has 0 bridgehead atoms. The van der Waals surface area contributed by atoms with Crippen LogP contribution >= 0.6 is 23.2 Å². The van der Waals surface area contributed by atoms with E-state index < -0.39 is 0 Å². The number of fused-ring (bicyclic) bond motifs is 1. The molecule has 8 heteroatoms. The van der Waals surface area contributed by atoms with Crippen molar-refractivity contribution in [2.75, 3.05) is 62.5 Å². The molecule has 1 fully saturated rings. The van der Waals surface area contributed by atoms with E-state index in [1.807, 2.05) is 37.3 Å². The Bertz CT molecular complexity index is 980. The summed E-state index contributed by atoms with van der Waals surface area (Å²) in [6.07, 6.45) is 3.37. The predicted molar refractivity (Wildman–Crippen MR) is 139 cm³/mol. The lowest BCUT2D eigenvalue weighted by molar-refractivity contribution is -0.120. The third-order valence-corrected chi connectivity index (χ3v) is 7.27. The normalized spacial score (nSPS) is 16.6. The Hall–Kier alpha value is -1.99. The van der Waals surface area contributed by atoms with Crippen LogP contribution in [0.5, 0.6) is 5.75 Å². The number of unbranched alkanes of at least 4 members (excludes halogenated alkanes) is 1. The van der Waals surface area contributed by atoms with Gasteiger partial charge >= 0.3 is 0 Å². The molecule has 2 aromatic carbocycles. The van der Waals surface area contributed by atoms with E-state index in [0.29, 0.717) is 36.4 Å². The van der Waals surface area contributed by atoms with E-state index in [2.05, 4.69) is 15.9 Å². The molecule has 2 aliphatic rings. The zero-order valence-electron chi connectivity index (χ0n) is 19.8. The first-order valence-electron chi connectivity index (χ1n) is 12.1. The lowest BCUT2D eigenvalue weighted by Gasteiger charge is -2.36. The van der Waals surface area contributed by atoms with Crippen LogP contribution in [0.3, 0.4) is 0 Å². The number of aryl methyl sites for hydroxylation is 1. The molecule has 0 saturated carbocycles. The number of carbonyl (C=O) groups excluding carboxylic acids is 1. The number of piperazine rings is 1. The molecule has 1 amide bonds. The Morgan fingerprint density at radius 1 is 0.971 bits per heavy atom. The SMILES string of the molecule is CCOCN1C(=O)CCc2ccc(OCCCCN3CCN(c4cccc(Cl)c4Cl)CC3)cc21. The highest BCUT2D eigenvalue weighted by Gasteiger charge is 2.24. The largest absolute Gasteiger partial charge is 0.494 e. The van der Waals surface area contributed by atoms with Gasteiger partial charge in [0.2, 0.25) is 5.91 Å². The lowest BCUT2D eigenvalue weighted by atomic mass is 10.0. The summed E-state index contributed by atoms with van der Waals surface area (Å²) in [7, 11) is 0. The number of rotatable bonds is 10. The number of hydrogen-bond donors (Lipinski definition) is 0. The minimum Gasteiger partial charge on any atom is -0.494 e. The van der Waals surface area contributed by atoms with Gasteiger partial charge in [-0.05, 0) is 56.5 Å². The van der Waals surface area contributed by atoms with Crippen molar-refractivity contribution in [3.8, 4) is 5.75 Å². The lowest BCUT2D eigenvalue weighted by Crippen LogP contribution is -2.46. The minimum absolute atomic E-state index is 0.107. The van der Waals surface area contributed by atoms with Crippen LogP contribution in [0, 0.1) is 0 Å². The zero-order chi connectivity index (χ0) is 23.9. The number of anilines is 2. The number of carbonyl (C=O) groups is 1. The summed E-state index contributed by atoms with van der Waals surface area (Å²) in [6.45, 7) is 8.45. The molecule has 6 nitrogen and oxygen atoms in total. The standard InChI is InChI=1S/C26H33Cl2N3O3/c1-2-33-19-31-24-18-21(10-8-20(24)9-11-25(31)32)34-17-4-3-12-29-13-15-30(16-14-29)23-7-5-6-22(27)26(23)28/h5-8,10,18H,2-4,9,11-17,19H2,1H3. The van der Waals surface area contributed by atoms with Crippen molar-refractivity contribution in [1.29, 1.82) is 0 Å². The number of halogens is 2. The third kappa shape index (κ3) is 6.16. The maximum atomic E-state index is 12.3. The number of nitrogens with zero attached hydrogens (tertiary/aromatic N) is 3. The fourth-order valence-corrected chi connectivity index (χ4v) is 4.92. The van der Waals surface area contributed by atoms with E-state index in [-0.39, 0.29) is 5.91 Å². The summed E-state index contributed by atoms with van der Waals surface area (Å²) in [5.74, 6) is 0.915. The molecule has 0 spiro atoms. The molecule has 2 aromatic rings. The van der Waals surface area contributed by atoms with Crippen molar-refractivity contribution < 1.29 is 14.3 Å². The molecule has 0 unspecified atom stereocenters. The molecule has 0 aromatic heterocycles. The summed E-state index contributed by atoms with van der Waals surface area (Å²) in [5.41, 5.74) is 3.11. The van der Waals surface area contributed by atoms with Crippen molar-refractivity contribution in [3.05, 3.63) is 52.0 Å². The van der Waals surface area contributed by atoms with Crippen LogP contribution in [-0.2, 0) is 16.0 Å². The highest BCUT2D eigenvalue weighted by atomic mass is 35.5. The van der Waals surface area contributed by atoms with Crippen molar-refractivity contribution in [3.63, 3.8) is 0 Å². The molecule has 2 aliphatic heterocycles. The molecular formula is C26H33Cl2N3O3. The van der Waals surface area contributed by atoms with Gasteiger partial charge in [0.15, 0.2) is 0 Å². The zero-order valence-corrected chi connectivity index (χ0v) is 21.3. The van der Waals surface area contributed by atoms with Crippen LogP contribution in [0.4, 0.5) is 11.4 Å². The molecule has 0 N–H and O–H groups in total. The Kier molecular flexibility index (Phi) is 8.95. The molecule has 0 atom stereocenters.